The minimum atomic E-state index is -1.03. The van der Waals surface area contributed by atoms with Crippen LogP contribution in [0.25, 0.3) is 16.6 Å². The van der Waals surface area contributed by atoms with Gasteiger partial charge in [-0.15, -0.1) is 0 Å². The van der Waals surface area contributed by atoms with E-state index in [0.29, 0.717) is 6.42 Å². The first-order valence-corrected chi connectivity index (χ1v) is 9.66. The quantitative estimate of drug-likeness (QED) is 0.549. The summed E-state index contributed by atoms with van der Waals surface area (Å²) in [5.41, 5.74) is 4.51. The van der Waals surface area contributed by atoms with Gasteiger partial charge >= 0.3 is 0 Å². The van der Waals surface area contributed by atoms with Crippen LogP contribution in [0.3, 0.4) is 0 Å². The van der Waals surface area contributed by atoms with E-state index in [1.807, 2.05) is 48.7 Å². The zero-order chi connectivity index (χ0) is 21.3. The number of nitriles is 1. The lowest BCUT2D eigenvalue weighted by molar-refractivity contribution is -0.121. The van der Waals surface area contributed by atoms with Gasteiger partial charge < -0.3 is 5.32 Å². The molecule has 4 aromatic rings. The van der Waals surface area contributed by atoms with E-state index in [0.717, 1.165) is 33.5 Å². The van der Waals surface area contributed by atoms with Gasteiger partial charge in [0.05, 0.1) is 11.6 Å². The lowest BCUT2D eigenvalue weighted by Crippen LogP contribution is -2.28. The lowest BCUT2D eigenvalue weighted by Gasteiger charge is -2.14. The van der Waals surface area contributed by atoms with E-state index in [2.05, 4.69) is 10.4 Å². The molecule has 1 N–H and O–H groups in total. The van der Waals surface area contributed by atoms with Gasteiger partial charge in [-0.25, -0.2) is 13.9 Å². The predicted octanol–water partition coefficient (Wildman–Crippen LogP) is 3.95. The fourth-order valence-electron chi connectivity index (χ4n) is 3.70. The molecule has 0 aliphatic heterocycles. The Bertz CT molecular complexity index is 1300. The molecule has 0 radical (unpaired) electrons. The van der Waals surface area contributed by atoms with E-state index in [1.54, 1.807) is 12.1 Å². The van der Waals surface area contributed by atoms with Crippen molar-refractivity contribution in [3.63, 3.8) is 0 Å². The molecule has 1 amide bonds. The molecule has 0 aliphatic carbocycles. The summed E-state index contributed by atoms with van der Waals surface area (Å²) in [7, 11) is 0. The number of carbonyl (C=O) groups is 1. The van der Waals surface area contributed by atoms with Crippen molar-refractivity contribution in [2.45, 2.75) is 32.7 Å². The van der Waals surface area contributed by atoms with Crippen molar-refractivity contribution in [1.82, 2.24) is 19.9 Å². The van der Waals surface area contributed by atoms with E-state index in [-0.39, 0.29) is 17.9 Å². The van der Waals surface area contributed by atoms with Crippen molar-refractivity contribution in [2.75, 3.05) is 0 Å². The van der Waals surface area contributed by atoms with Crippen molar-refractivity contribution in [3.05, 3.63) is 76.9 Å². The number of aryl methyl sites for hydroxylation is 2. The van der Waals surface area contributed by atoms with Crippen LogP contribution in [0, 0.1) is 31.0 Å². The molecule has 0 fully saturated rings. The summed E-state index contributed by atoms with van der Waals surface area (Å²) in [6, 6.07) is 14.7. The minimum absolute atomic E-state index is 0.155. The van der Waals surface area contributed by atoms with Crippen LogP contribution in [0.5, 0.6) is 0 Å². The molecule has 1 unspecified atom stereocenters. The summed E-state index contributed by atoms with van der Waals surface area (Å²) >= 11 is 0. The number of nitrogens with one attached hydrogen (secondary N) is 1. The molecule has 2 heterocycles. The highest BCUT2D eigenvalue weighted by molar-refractivity contribution is 5.92. The number of carbonyl (C=O) groups excluding carboxylic acids is 1. The molecule has 150 valence electrons. The molecule has 1 atom stereocenters. The molecule has 0 bridgehead atoms. The van der Waals surface area contributed by atoms with E-state index in [9.17, 15) is 14.4 Å². The lowest BCUT2D eigenvalue weighted by atomic mass is 10.0. The fraction of sp³-hybridized carbons (Fsp3) is 0.217. The summed E-state index contributed by atoms with van der Waals surface area (Å²) in [5.74, 6) is -0.842. The standard InChI is InChI=1S/C23H20FN5O/c1-14-16(15(2)29-23(26-14)18-8-4-6-10-20(18)28-29)11-12-22(30)27-21(13-25)17-7-3-5-9-19(17)24/h3-10,21H,11-12H2,1-2H3,(H,27,30). The Morgan fingerprint density at radius 1 is 1.20 bits per heavy atom. The van der Waals surface area contributed by atoms with Crippen molar-refractivity contribution < 1.29 is 9.18 Å². The molecule has 30 heavy (non-hydrogen) atoms. The number of hydrogen-bond donors (Lipinski definition) is 1. The van der Waals surface area contributed by atoms with Crippen LogP contribution in [0.4, 0.5) is 4.39 Å². The number of benzene rings is 2. The SMILES string of the molecule is Cc1nc2c3ccccc3nn2c(C)c1CCC(=O)NC(C#N)c1ccccc1F. The molecule has 6 nitrogen and oxygen atoms in total. The molecule has 2 aromatic heterocycles. The van der Waals surface area contributed by atoms with Gasteiger partial charge in [0.1, 0.15) is 11.9 Å². The van der Waals surface area contributed by atoms with Crippen LogP contribution >= 0.6 is 0 Å². The van der Waals surface area contributed by atoms with Crippen molar-refractivity contribution in [2.24, 2.45) is 0 Å². The average Bonchev–Trinajstić information content (AvgIpc) is 3.11. The predicted molar refractivity (Wildman–Crippen MR) is 111 cm³/mol. The number of rotatable bonds is 5. The average molecular weight is 401 g/mol. The molecule has 0 saturated carbocycles. The normalized spacial score (nSPS) is 12.1. The van der Waals surface area contributed by atoms with Crippen LogP contribution in [0.15, 0.2) is 48.5 Å². The molecule has 2 aromatic carbocycles. The number of aromatic nitrogens is 3. The van der Waals surface area contributed by atoms with Crippen molar-refractivity contribution in [3.8, 4) is 6.07 Å². The van der Waals surface area contributed by atoms with Gasteiger partial charge in [-0.3, -0.25) is 4.79 Å². The Kier molecular flexibility index (Phi) is 5.15. The highest BCUT2D eigenvalue weighted by Crippen LogP contribution is 2.23. The second kappa shape index (κ2) is 7.91. The van der Waals surface area contributed by atoms with Crippen LogP contribution < -0.4 is 5.32 Å². The zero-order valence-electron chi connectivity index (χ0n) is 16.7. The highest BCUT2D eigenvalue weighted by atomic mass is 19.1. The number of amides is 1. The molecule has 0 aliphatic rings. The fourth-order valence-corrected chi connectivity index (χ4v) is 3.70. The molecule has 0 saturated heterocycles. The minimum Gasteiger partial charge on any atom is -0.337 e. The van der Waals surface area contributed by atoms with Crippen LogP contribution in [-0.2, 0) is 11.2 Å². The molecule has 0 spiro atoms. The Balaban J connectivity index is 1.54. The Morgan fingerprint density at radius 3 is 2.70 bits per heavy atom. The third-order valence-electron chi connectivity index (χ3n) is 5.27. The second-order valence-corrected chi connectivity index (χ2v) is 7.16. The summed E-state index contributed by atoms with van der Waals surface area (Å²) in [6.07, 6.45) is 0.598. The van der Waals surface area contributed by atoms with Gasteiger partial charge in [0.2, 0.25) is 5.91 Å². The Morgan fingerprint density at radius 2 is 1.93 bits per heavy atom. The number of fused-ring (bicyclic) bond motifs is 3. The first-order valence-electron chi connectivity index (χ1n) is 9.66. The first-order chi connectivity index (χ1) is 14.5. The van der Waals surface area contributed by atoms with Crippen molar-refractivity contribution in [1.29, 1.82) is 5.26 Å². The van der Waals surface area contributed by atoms with Gasteiger partial charge in [0.25, 0.3) is 0 Å². The molecule has 4 rings (SSSR count). The van der Waals surface area contributed by atoms with Crippen LogP contribution in [0.2, 0.25) is 0 Å². The molecule has 7 heteroatoms. The highest BCUT2D eigenvalue weighted by Gasteiger charge is 2.19. The first kappa shape index (κ1) is 19.5. The molecular formula is C23H20FN5O. The smallest absolute Gasteiger partial charge is 0.221 e. The topological polar surface area (TPSA) is 83.1 Å². The third kappa shape index (κ3) is 3.48. The number of halogens is 1. The zero-order valence-corrected chi connectivity index (χ0v) is 16.7. The molecular weight excluding hydrogens is 381 g/mol. The van der Waals surface area contributed by atoms with Crippen LogP contribution in [-0.4, -0.2) is 20.5 Å². The van der Waals surface area contributed by atoms with Gasteiger partial charge in [0.15, 0.2) is 5.65 Å². The second-order valence-electron chi connectivity index (χ2n) is 7.16. The van der Waals surface area contributed by atoms with Gasteiger partial charge in [-0.05, 0) is 44.0 Å². The maximum absolute atomic E-state index is 13.9. The maximum Gasteiger partial charge on any atom is 0.221 e. The third-order valence-corrected chi connectivity index (χ3v) is 5.27. The van der Waals surface area contributed by atoms with E-state index >= 15 is 0 Å². The summed E-state index contributed by atoms with van der Waals surface area (Å²) in [4.78, 5) is 17.2. The largest absolute Gasteiger partial charge is 0.337 e. The number of nitrogens with zero attached hydrogens (tertiary/aromatic N) is 4. The Hall–Kier alpha value is -3.79. The van der Waals surface area contributed by atoms with E-state index in [1.165, 1.54) is 12.1 Å². The Labute approximate surface area is 173 Å². The van der Waals surface area contributed by atoms with E-state index < -0.39 is 11.9 Å². The number of hydrogen-bond acceptors (Lipinski definition) is 4. The maximum atomic E-state index is 13.9. The summed E-state index contributed by atoms with van der Waals surface area (Å²) in [5, 5.41) is 17.6. The van der Waals surface area contributed by atoms with Gasteiger partial charge in [-0.2, -0.15) is 10.4 Å². The summed E-state index contributed by atoms with van der Waals surface area (Å²) in [6.45, 7) is 3.87. The summed E-state index contributed by atoms with van der Waals surface area (Å²) < 4.78 is 15.8. The van der Waals surface area contributed by atoms with Crippen LogP contribution in [0.1, 0.15) is 35.0 Å². The van der Waals surface area contributed by atoms with E-state index in [4.69, 9.17) is 4.98 Å². The van der Waals surface area contributed by atoms with Crippen molar-refractivity contribution >= 4 is 22.5 Å². The monoisotopic (exact) mass is 401 g/mol. The van der Waals surface area contributed by atoms with Gasteiger partial charge in [0, 0.05) is 28.8 Å². The van der Waals surface area contributed by atoms with Gasteiger partial charge in [-0.1, -0.05) is 30.3 Å².